The largest absolute Gasteiger partial charge is 0.393 e. The lowest BCUT2D eigenvalue weighted by atomic mass is 9.81. The number of hydrogen-bond donors (Lipinski definition) is 2. The first-order chi connectivity index (χ1) is 19.9. The average molecular weight is 614 g/mol. The minimum Gasteiger partial charge on any atom is -0.355 e. The van der Waals surface area contributed by atoms with E-state index < -0.39 is 48.3 Å². The SMILES string of the molecule is CCn1nccc1C(=O)N[C@H](c1cn2nc(CC3C[C@@H](C(F)(F)F)CNC3=O)c(SC)cc2n1)C1CCC(F)(F)CC1. The number of imidazole rings is 1. The molecule has 0 radical (unpaired) electrons. The van der Waals surface area contributed by atoms with Crippen molar-refractivity contribution in [2.75, 3.05) is 12.8 Å². The van der Waals surface area contributed by atoms with Crippen LogP contribution in [-0.4, -0.2) is 61.1 Å². The van der Waals surface area contributed by atoms with Gasteiger partial charge in [-0.25, -0.2) is 18.3 Å². The monoisotopic (exact) mass is 613 g/mol. The van der Waals surface area contributed by atoms with Crippen molar-refractivity contribution in [3.05, 3.63) is 41.6 Å². The van der Waals surface area contributed by atoms with E-state index in [9.17, 15) is 31.5 Å². The number of fused-ring (bicyclic) bond motifs is 1. The third-order valence-corrected chi connectivity index (χ3v) is 8.97. The van der Waals surface area contributed by atoms with Crippen LogP contribution >= 0.6 is 11.8 Å². The van der Waals surface area contributed by atoms with Crippen LogP contribution < -0.4 is 10.6 Å². The van der Waals surface area contributed by atoms with Crippen LogP contribution in [0, 0.1) is 17.8 Å². The van der Waals surface area contributed by atoms with Crippen molar-refractivity contribution in [3.8, 4) is 0 Å². The third kappa shape index (κ3) is 6.40. The Morgan fingerprint density at radius 2 is 2.02 bits per heavy atom. The van der Waals surface area contributed by atoms with Crippen molar-refractivity contribution < 1.29 is 31.5 Å². The lowest BCUT2D eigenvalue weighted by molar-refractivity contribution is -0.183. The van der Waals surface area contributed by atoms with Crippen LogP contribution in [0.15, 0.2) is 29.4 Å². The molecule has 228 valence electrons. The summed E-state index contributed by atoms with van der Waals surface area (Å²) >= 11 is 1.33. The van der Waals surface area contributed by atoms with Gasteiger partial charge >= 0.3 is 6.18 Å². The summed E-state index contributed by atoms with van der Waals surface area (Å²) in [5, 5.41) is 14.1. The summed E-state index contributed by atoms with van der Waals surface area (Å²) in [4.78, 5) is 31.1. The first kappa shape index (κ1) is 30.2. The summed E-state index contributed by atoms with van der Waals surface area (Å²) in [5.74, 6) is -6.44. The van der Waals surface area contributed by atoms with E-state index >= 15 is 0 Å². The van der Waals surface area contributed by atoms with E-state index in [1.807, 2.05) is 6.92 Å². The number of carbonyl (C=O) groups excluding carboxylic acids is 2. The second kappa shape index (κ2) is 11.8. The number of carbonyl (C=O) groups is 2. The summed E-state index contributed by atoms with van der Waals surface area (Å²) in [6, 6.07) is 2.63. The Hall–Kier alpha value is -3.23. The van der Waals surface area contributed by atoms with Crippen LogP contribution in [0.3, 0.4) is 0 Å². The summed E-state index contributed by atoms with van der Waals surface area (Å²) in [6.45, 7) is 1.88. The maximum absolute atomic E-state index is 14.0. The highest BCUT2D eigenvalue weighted by Crippen LogP contribution is 2.41. The van der Waals surface area contributed by atoms with Crippen LogP contribution in [0.4, 0.5) is 22.0 Å². The number of hydrogen-bond acceptors (Lipinski definition) is 6. The molecule has 3 atom stereocenters. The van der Waals surface area contributed by atoms with Crippen molar-refractivity contribution in [2.24, 2.45) is 17.8 Å². The van der Waals surface area contributed by atoms with E-state index in [0.29, 0.717) is 34.2 Å². The topological polar surface area (TPSA) is 106 Å². The molecule has 3 aromatic heterocycles. The molecule has 42 heavy (non-hydrogen) atoms. The number of halogens is 5. The average Bonchev–Trinajstić information content (AvgIpc) is 3.58. The van der Waals surface area contributed by atoms with Crippen LogP contribution in [0.25, 0.3) is 5.65 Å². The zero-order valence-electron chi connectivity index (χ0n) is 23.1. The molecule has 1 aliphatic carbocycles. The Bertz CT molecular complexity index is 1450. The molecule has 1 unspecified atom stereocenters. The van der Waals surface area contributed by atoms with Gasteiger partial charge in [0, 0.05) is 49.4 Å². The maximum atomic E-state index is 14.0. The minimum absolute atomic E-state index is 0.0108. The summed E-state index contributed by atoms with van der Waals surface area (Å²) in [5.41, 5.74) is 1.65. The first-order valence-corrected chi connectivity index (χ1v) is 15.1. The number of nitrogens with zero attached hydrogens (tertiary/aromatic N) is 5. The first-order valence-electron chi connectivity index (χ1n) is 13.9. The quantitative estimate of drug-likeness (QED) is 0.279. The smallest absolute Gasteiger partial charge is 0.355 e. The molecule has 2 amide bonds. The molecule has 0 spiro atoms. The summed E-state index contributed by atoms with van der Waals surface area (Å²) in [6.07, 6.45) is -0.0447. The molecule has 1 aliphatic heterocycles. The number of thioether (sulfide) groups is 1. The van der Waals surface area contributed by atoms with Crippen LogP contribution in [-0.2, 0) is 17.8 Å². The van der Waals surface area contributed by atoms with E-state index in [2.05, 4.69) is 20.8 Å². The van der Waals surface area contributed by atoms with Crippen molar-refractivity contribution >= 4 is 29.2 Å². The fraction of sp³-hybridized carbons (Fsp3) is 0.593. The van der Waals surface area contributed by atoms with Gasteiger partial charge in [0.05, 0.1) is 29.5 Å². The van der Waals surface area contributed by atoms with Crippen LogP contribution in [0.5, 0.6) is 0 Å². The second-order valence-corrected chi connectivity index (χ2v) is 11.8. The number of alkyl halides is 5. The normalized spacial score (nSPS) is 22.2. The van der Waals surface area contributed by atoms with Gasteiger partial charge in [-0.15, -0.1) is 11.8 Å². The standard InChI is InChI=1S/C27H32F5N7O2S/c1-3-38-20(6-9-34-38)25(41)36-23(15-4-7-26(28,29)8-5-15)19-14-39-22(35-19)12-21(42-2)18(37-39)11-16-10-17(27(30,31)32)13-33-24(16)40/h6,9,12,14-17,23H,3-5,7-8,10-11,13H2,1-2H3,(H,33,40)(H,36,41)/t16?,17-,23+/m1/s1. The molecule has 5 rings (SSSR count). The number of rotatable bonds is 8. The van der Waals surface area contributed by atoms with Gasteiger partial charge in [-0.2, -0.15) is 23.4 Å². The summed E-state index contributed by atoms with van der Waals surface area (Å²) < 4.78 is 71.1. The zero-order chi connectivity index (χ0) is 30.2. The molecule has 3 aromatic rings. The third-order valence-electron chi connectivity index (χ3n) is 8.18. The Balaban J connectivity index is 1.45. The van der Waals surface area contributed by atoms with Crippen LogP contribution in [0.1, 0.15) is 66.9 Å². The molecular weight excluding hydrogens is 581 g/mol. The highest BCUT2D eigenvalue weighted by Gasteiger charge is 2.45. The van der Waals surface area contributed by atoms with Gasteiger partial charge < -0.3 is 10.6 Å². The highest BCUT2D eigenvalue weighted by atomic mass is 32.2. The van der Waals surface area contributed by atoms with Gasteiger partial charge in [-0.05, 0) is 50.5 Å². The number of aryl methyl sites for hydroxylation is 1. The molecule has 2 fully saturated rings. The van der Waals surface area contributed by atoms with Crippen molar-refractivity contribution in [1.82, 2.24) is 35.0 Å². The fourth-order valence-electron chi connectivity index (χ4n) is 5.81. The van der Waals surface area contributed by atoms with Gasteiger partial charge in [0.1, 0.15) is 5.69 Å². The van der Waals surface area contributed by atoms with Gasteiger partial charge in [0.25, 0.3) is 5.91 Å². The predicted octanol–water partition coefficient (Wildman–Crippen LogP) is 4.82. The summed E-state index contributed by atoms with van der Waals surface area (Å²) in [7, 11) is 0. The zero-order valence-corrected chi connectivity index (χ0v) is 23.9. The van der Waals surface area contributed by atoms with E-state index in [-0.39, 0.29) is 44.4 Å². The Labute approximate surface area is 243 Å². The highest BCUT2D eigenvalue weighted by molar-refractivity contribution is 7.98. The maximum Gasteiger partial charge on any atom is 0.393 e. The molecular formula is C27H32F5N7O2S. The fourth-order valence-corrected chi connectivity index (χ4v) is 6.40. The van der Waals surface area contributed by atoms with Crippen molar-refractivity contribution in [1.29, 1.82) is 0 Å². The van der Waals surface area contributed by atoms with Gasteiger partial charge in [-0.3, -0.25) is 14.3 Å². The second-order valence-electron chi connectivity index (χ2n) is 10.9. The lowest BCUT2D eigenvalue weighted by Crippen LogP contribution is -2.47. The Morgan fingerprint density at radius 1 is 1.29 bits per heavy atom. The Kier molecular flexibility index (Phi) is 8.50. The molecule has 0 aromatic carbocycles. The molecule has 15 heteroatoms. The van der Waals surface area contributed by atoms with E-state index in [0.717, 1.165) is 0 Å². The van der Waals surface area contributed by atoms with E-state index in [1.165, 1.54) is 27.2 Å². The van der Waals surface area contributed by atoms with E-state index in [4.69, 9.17) is 4.98 Å². The number of aromatic nitrogens is 5. The molecule has 2 N–H and O–H groups in total. The molecule has 4 heterocycles. The number of piperidine rings is 1. The molecule has 0 bridgehead atoms. The molecule has 2 aliphatic rings. The number of amides is 2. The van der Waals surface area contributed by atoms with Gasteiger partial charge in [0.15, 0.2) is 5.65 Å². The minimum atomic E-state index is -4.41. The van der Waals surface area contributed by atoms with E-state index in [1.54, 1.807) is 24.6 Å². The van der Waals surface area contributed by atoms with Crippen molar-refractivity contribution in [3.63, 3.8) is 0 Å². The lowest BCUT2D eigenvalue weighted by Gasteiger charge is -2.33. The number of nitrogens with one attached hydrogen (secondary N) is 2. The van der Waals surface area contributed by atoms with Crippen molar-refractivity contribution in [2.45, 2.75) is 75.0 Å². The Morgan fingerprint density at radius 3 is 2.69 bits per heavy atom. The molecule has 1 saturated heterocycles. The molecule has 1 saturated carbocycles. The predicted molar refractivity (Wildman–Crippen MR) is 144 cm³/mol. The van der Waals surface area contributed by atoms with Crippen LogP contribution in [0.2, 0.25) is 0 Å². The van der Waals surface area contributed by atoms with Gasteiger partial charge in [-0.1, -0.05) is 0 Å². The molecule has 9 nitrogen and oxygen atoms in total. The van der Waals surface area contributed by atoms with Gasteiger partial charge in [0.2, 0.25) is 11.8 Å².